The first kappa shape index (κ1) is 15.9. The van der Waals surface area contributed by atoms with Gasteiger partial charge in [-0.1, -0.05) is 6.07 Å². The second-order valence-electron chi connectivity index (χ2n) is 5.43. The van der Waals surface area contributed by atoms with Crippen LogP contribution in [0.3, 0.4) is 0 Å². The maximum Gasteiger partial charge on any atom is 0.273 e. The van der Waals surface area contributed by atoms with Crippen molar-refractivity contribution >= 4 is 15.7 Å². The summed E-state index contributed by atoms with van der Waals surface area (Å²) in [5, 5.41) is 10.9. The molecule has 0 bridgehead atoms. The molecular weight excluding hydrogens is 294 g/mol. The molecule has 7 nitrogen and oxygen atoms in total. The molecule has 1 fully saturated rings. The molecule has 8 heteroatoms. The molecule has 2 unspecified atom stereocenters. The molecule has 0 aliphatic carbocycles. The van der Waals surface area contributed by atoms with E-state index in [-0.39, 0.29) is 28.1 Å². The molecule has 0 saturated carbocycles. The Morgan fingerprint density at radius 2 is 2.14 bits per heavy atom. The molecule has 2 N–H and O–H groups in total. The van der Waals surface area contributed by atoms with Crippen LogP contribution in [0, 0.1) is 23.0 Å². The summed E-state index contributed by atoms with van der Waals surface area (Å²) in [5.74, 6) is 0.124. The number of benzene rings is 1. The van der Waals surface area contributed by atoms with Crippen LogP contribution in [0.1, 0.15) is 18.9 Å². The molecule has 1 aliphatic heterocycles. The summed E-state index contributed by atoms with van der Waals surface area (Å²) in [5.41, 5.74) is 5.82. The lowest BCUT2D eigenvalue weighted by molar-refractivity contribution is -0.385. The molecule has 116 valence electrons. The smallest absolute Gasteiger partial charge is 0.273 e. The van der Waals surface area contributed by atoms with Crippen molar-refractivity contribution in [1.29, 1.82) is 0 Å². The van der Waals surface area contributed by atoms with Crippen LogP contribution in [0.25, 0.3) is 0 Å². The van der Waals surface area contributed by atoms with Gasteiger partial charge in [-0.3, -0.25) is 10.1 Å². The Kier molecular flexibility index (Phi) is 4.31. The zero-order chi connectivity index (χ0) is 15.8. The van der Waals surface area contributed by atoms with E-state index in [1.54, 1.807) is 0 Å². The summed E-state index contributed by atoms with van der Waals surface area (Å²) in [7, 11) is -3.72. The third kappa shape index (κ3) is 2.92. The SMILES string of the molecule is Cc1c([N+](=O)[O-])cccc1S(=O)(=O)N1CCC(C(C)N)C1. The summed E-state index contributed by atoms with van der Waals surface area (Å²) in [6, 6.07) is 4.05. The van der Waals surface area contributed by atoms with Crippen LogP contribution in [0.15, 0.2) is 23.1 Å². The molecule has 1 heterocycles. The van der Waals surface area contributed by atoms with Crippen LogP contribution >= 0.6 is 0 Å². The van der Waals surface area contributed by atoms with Gasteiger partial charge in [-0.2, -0.15) is 4.31 Å². The van der Waals surface area contributed by atoms with Gasteiger partial charge in [-0.15, -0.1) is 0 Å². The highest BCUT2D eigenvalue weighted by molar-refractivity contribution is 7.89. The van der Waals surface area contributed by atoms with E-state index in [4.69, 9.17) is 5.73 Å². The van der Waals surface area contributed by atoms with Crippen LogP contribution < -0.4 is 5.73 Å². The van der Waals surface area contributed by atoms with E-state index in [9.17, 15) is 18.5 Å². The fourth-order valence-electron chi connectivity index (χ4n) is 2.62. The van der Waals surface area contributed by atoms with Crippen LogP contribution in [0.2, 0.25) is 0 Å². The van der Waals surface area contributed by atoms with Gasteiger partial charge in [0.2, 0.25) is 10.0 Å². The van der Waals surface area contributed by atoms with Crippen molar-refractivity contribution in [3.8, 4) is 0 Å². The van der Waals surface area contributed by atoms with E-state index in [0.29, 0.717) is 19.5 Å². The van der Waals surface area contributed by atoms with E-state index in [2.05, 4.69) is 0 Å². The Morgan fingerprint density at radius 3 is 2.67 bits per heavy atom. The maximum absolute atomic E-state index is 12.7. The highest BCUT2D eigenvalue weighted by Gasteiger charge is 2.35. The Labute approximate surface area is 123 Å². The molecule has 2 atom stereocenters. The van der Waals surface area contributed by atoms with E-state index in [1.165, 1.54) is 29.4 Å². The van der Waals surface area contributed by atoms with E-state index >= 15 is 0 Å². The normalized spacial score (nSPS) is 21.4. The summed E-state index contributed by atoms with van der Waals surface area (Å²) >= 11 is 0. The first-order valence-electron chi connectivity index (χ1n) is 6.75. The Morgan fingerprint density at radius 1 is 1.48 bits per heavy atom. The molecule has 0 amide bonds. The van der Waals surface area contributed by atoms with Crippen LogP contribution in [-0.2, 0) is 10.0 Å². The van der Waals surface area contributed by atoms with Crippen LogP contribution in [0.5, 0.6) is 0 Å². The van der Waals surface area contributed by atoms with Crippen LogP contribution in [-0.4, -0.2) is 36.8 Å². The summed E-state index contributed by atoms with van der Waals surface area (Å²) in [6.45, 7) is 4.09. The largest absolute Gasteiger partial charge is 0.328 e. The predicted molar refractivity (Wildman–Crippen MR) is 78.3 cm³/mol. The lowest BCUT2D eigenvalue weighted by Gasteiger charge is -2.19. The standard InChI is InChI=1S/C13H19N3O4S/c1-9-12(16(17)18)4-3-5-13(9)21(19,20)15-7-6-11(8-15)10(2)14/h3-5,10-11H,6-8,14H2,1-2H3. The quantitative estimate of drug-likeness (QED) is 0.665. The molecule has 1 aromatic carbocycles. The van der Waals surface area contributed by atoms with Crippen molar-refractivity contribution in [2.75, 3.05) is 13.1 Å². The van der Waals surface area contributed by atoms with Gasteiger partial charge in [0.05, 0.1) is 9.82 Å². The number of nitrogens with two attached hydrogens (primary N) is 1. The number of hydrogen-bond acceptors (Lipinski definition) is 5. The average Bonchev–Trinajstić information content (AvgIpc) is 2.88. The zero-order valence-corrected chi connectivity index (χ0v) is 12.8. The van der Waals surface area contributed by atoms with Gasteiger partial charge in [0.25, 0.3) is 5.69 Å². The summed E-state index contributed by atoms with van der Waals surface area (Å²) in [4.78, 5) is 10.4. The maximum atomic E-state index is 12.7. The number of nitrogens with zero attached hydrogens (tertiary/aromatic N) is 2. The van der Waals surface area contributed by atoms with Gasteiger partial charge in [0.15, 0.2) is 0 Å². The Bertz CT molecular complexity index is 657. The highest BCUT2D eigenvalue weighted by atomic mass is 32.2. The third-order valence-corrected chi connectivity index (χ3v) is 6.01. The lowest BCUT2D eigenvalue weighted by atomic mass is 10.0. The first-order chi connectivity index (χ1) is 9.75. The molecule has 1 aliphatic rings. The van der Waals surface area contributed by atoms with Crippen molar-refractivity contribution in [2.24, 2.45) is 11.7 Å². The average molecular weight is 313 g/mol. The minimum Gasteiger partial charge on any atom is -0.328 e. The number of sulfonamides is 1. The minimum atomic E-state index is -3.72. The zero-order valence-electron chi connectivity index (χ0n) is 12.0. The molecule has 0 aromatic heterocycles. The van der Waals surface area contributed by atoms with E-state index < -0.39 is 14.9 Å². The van der Waals surface area contributed by atoms with E-state index in [0.717, 1.165) is 0 Å². The number of nitro benzene ring substituents is 1. The van der Waals surface area contributed by atoms with Crippen molar-refractivity contribution in [3.63, 3.8) is 0 Å². The fraction of sp³-hybridized carbons (Fsp3) is 0.538. The second kappa shape index (κ2) is 5.70. The molecule has 2 rings (SSSR count). The van der Waals surface area contributed by atoms with Gasteiger partial charge in [-0.25, -0.2) is 8.42 Å². The lowest BCUT2D eigenvalue weighted by Crippen LogP contribution is -2.33. The summed E-state index contributed by atoms with van der Waals surface area (Å²) < 4.78 is 26.7. The molecular formula is C13H19N3O4S. The number of rotatable bonds is 4. The van der Waals surface area contributed by atoms with Gasteiger partial charge < -0.3 is 5.73 Å². The van der Waals surface area contributed by atoms with Gasteiger partial charge >= 0.3 is 0 Å². The van der Waals surface area contributed by atoms with Crippen molar-refractivity contribution in [2.45, 2.75) is 31.2 Å². The Balaban J connectivity index is 2.38. The Hall–Kier alpha value is -1.51. The predicted octanol–water partition coefficient (Wildman–Crippen LogP) is 1.26. The molecule has 0 radical (unpaired) electrons. The minimum absolute atomic E-state index is 0.00187. The topological polar surface area (TPSA) is 107 Å². The molecule has 1 saturated heterocycles. The molecule has 0 spiro atoms. The van der Waals surface area contributed by atoms with Gasteiger partial charge in [0.1, 0.15) is 0 Å². The fourth-order valence-corrected chi connectivity index (χ4v) is 4.37. The van der Waals surface area contributed by atoms with Crippen molar-refractivity contribution in [1.82, 2.24) is 4.31 Å². The van der Waals surface area contributed by atoms with Crippen LogP contribution in [0.4, 0.5) is 5.69 Å². The van der Waals surface area contributed by atoms with Gasteiger partial charge in [0, 0.05) is 30.8 Å². The van der Waals surface area contributed by atoms with Crippen molar-refractivity contribution in [3.05, 3.63) is 33.9 Å². The highest BCUT2D eigenvalue weighted by Crippen LogP contribution is 2.30. The molecule has 21 heavy (non-hydrogen) atoms. The first-order valence-corrected chi connectivity index (χ1v) is 8.19. The number of hydrogen-bond donors (Lipinski definition) is 1. The third-order valence-electron chi connectivity index (χ3n) is 4.00. The number of nitro groups is 1. The molecule has 1 aromatic rings. The van der Waals surface area contributed by atoms with E-state index in [1.807, 2.05) is 6.92 Å². The monoisotopic (exact) mass is 313 g/mol. The van der Waals surface area contributed by atoms with Crippen molar-refractivity contribution < 1.29 is 13.3 Å². The second-order valence-corrected chi connectivity index (χ2v) is 7.33. The summed E-state index contributed by atoms with van der Waals surface area (Å²) in [6.07, 6.45) is 0.713. The van der Waals surface area contributed by atoms with Gasteiger partial charge in [-0.05, 0) is 32.3 Å².